The molecule has 0 aromatic heterocycles. The van der Waals surface area contributed by atoms with Crippen molar-refractivity contribution in [2.45, 2.75) is 110 Å². The fraction of sp³-hybridized carbons (Fsp3) is 0.556. The van der Waals surface area contributed by atoms with E-state index in [1.807, 2.05) is 40.7 Å². The number of nitrogens with zero attached hydrogens (tertiary/aromatic N) is 1. The molecular formula is C36H55N3O4S. The average Bonchev–Trinajstić information content (AvgIpc) is 3.49. The number of methoxy groups -OCH3 is 1. The first kappa shape index (κ1) is 37.2. The number of amides is 1. The minimum atomic E-state index is -3.49. The maximum absolute atomic E-state index is 13.0. The summed E-state index contributed by atoms with van der Waals surface area (Å²) in [6.45, 7) is 12.6. The van der Waals surface area contributed by atoms with Gasteiger partial charge in [-0.2, -0.15) is 0 Å². The number of fused-ring (bicyclic) bond motifs is 3. The van der Waals surface area contributed by atoms with E-state index in [0.29, 0.717) is 12.5 Å². The van der Waals surface area contributed by atoms with Crippen molar-refractivity contribution in [3.05, 3.63) is 71.8 Å². The molecule has 2 aromatic carbocycles. The predicted octanol–water partition coefficient (Wildman–Crippen LogP) is 7.82. The van der Waals surface area contributed by atoms with Gasteiger partial charge < -0.3 is 10.1 Å². The van der Waals surface area contributed by atoms with Crippen LogP contribution in [0.2, 0.25) is 0 Å². The number of aryl methyl sites for hydroxylation is 1. The molecule has 0 spiro atoms. The lowest BCUT2D eigenvalue weighted by molar-refractivity contribution is -0.124. The van der Waals surface area contributed by atoms with E-state index in [9.17, 15) is 13.2 Å². The molecule has 8 heteroatoms. The van der Waals surface area contributed by atoms with Crippen molar-refractivity contribution in [3.8, 4) is 5.75 Å². The summed E-state index contributed by atoms with van der Waals surface area (Å²) < 4.78 is 33.0. The number of amidine groups is 1. The molecule has 244 valence electrons. The number of allylic oxidation sites excluding steroid dienone is 2. The first-order chi connectivity index (χ1) is 21.3. The van der Waals surface area contributed by atoms with Gasteiger partial charge in [-0.3, -0.25) is 9.79 Å². The van der Waals surface area contributed by atoms with E-state index in [1.54, 1.807) is 37.4 Å². The predicted molar refractivity (Wildman–Crippen MR) is 183 cm³/mol. The molecule has 0 radical (unpaired) electrons. The smallest absolute Gasteiger partial charge is 0.240 e. The highest BCUT2D eigenvalue weighted by Gasteiger charge is 2.36. The minimum absolute atomic E-state index is 0.0427. The molecule has 7 nitrogen and oxygen atoms in total. The minimum Gasteiger partial charge on any atom is -0.497 e. The first-order valence-electron chi connectivity index (χ1n) is 16.5. The Morgan fingerprint density at radius 1 is 1.00 bits per heavy atom. The molecule has 1 amide bonds. The third-order valence-electron chi connectivity index (χ3n) is 8.23. The van der Waals surface area contributed by atoms with Gasteiger partial charge in [-0.15, -0.1) is 0 Å². The number of rotatable bonds is 7. The van der Waals surface area contributed by atoms with Gasteiger partial charge in [0.2, 0.25) is 15.9 Å². The Bertz CT molecular complexity index is 1300. The van der Waals surface area contributed by atoms with Crippen LogP contribution in [0.25, 0.3) is 0 Å². The lowest BCUT2D eigenvalue weighted by atomic mass is 9.79. The number of nitrogens with one attached hydrogen (secondary N) is 2. The number of hydrogen-bond donors (Lipinski definition) is 2. The van der Waals surface area contributed by atoms with Crippen molar-refractivity contribution >= 4 is 21.8 Å². The molecule has 0 bridgehead atoms. The number of hydrogen-bond acceptors (Lipinski definition) is 5. The van der Waals surface area contributed by atoms with Gasteiger partial charge in [0.1, 0.15) is 11.6 Å². The molecule has 2 atom stereocenters. The molecule has 1 fully saturated rings. The van der Waals surface area contributed by atoms with Crippen LogP contribution in [0.4, 0.5) is 0 Å². The van der Waals surface area contributed by atoms with Gasteiger partial charge in [-0.05, 0) is 93.2 Å². The van der Waals surface area contributed by atoms with E-state index in [4.69, 9.17) is 9.73 Å². The Labute approximate surface area is 267 Å². The van der Waals surface area contributed by atoms with E-state index in [2.05, 4.69) is 41.2 Å². The van der Waals surface area contributed by atoms with Crippen LogP contribution in [0.15, 0.2) is 70.6 Å². The maximum atomic E-state index is 13.0. The number of benzene rings is 2. The topological polar surface area (TPSA) is 96.9 Å². The van der Waals surface area contributed by atoms with E-state index in [1.165, 1.54) is 11.1 Å². The molecule has 1 aliphatic heterocycles. The zero-order valence-electron chi connectivity index (χ0n) is 27.9. The number of sulfonamides is 1. The van der Waals surface area contributed by atoms with Crippen molar-refractivity contribution in [1.82, 2.24) is 10.0 Å². The zero-order chi connectivity index (χ0) is 32.5. The second-order valence-corrected chi connectivity index (χ2v) is 12.7. The van der Waals surface area contributed by atoms with Gasteiger partial charge in [0.25, 0.3) is 0 Å². The lowest BCUT2D eigenvalue weighted by Crippen LogP contribution is -2.38. The fourth-order valence-electron chi connectivity index (χ4n) is 5.96. The van der Waals surface area contributed by atoms with Gasteiger partial charge in [0.15, 0.2) is 0 Å². The standard InChI is InChI=1S/C27H33N3O4S.C5H10.2C2H6/c1-34-21-12-13-23-20(15-21)11-14-25-24(23)16-26(29-25)30-27(31)19-9-7-18(8-10-19)17-28-35(32,33)22-5-3-2-4-6-22;1-3-5-4-2;2*1-2/h2-6,12-13,15,18-19,24-25,28H,7-11,14,16-17H2,1H3,(H,29,30,31);3,5H,4H2,1-2H3;2*1-2H3/b;5-3+;;. The second-order valence-electron chi connectivity index (χ2n) is 10.9. The Morgan fingerprint density at radius 3 is 2.27 bits per heavy atom. The van der Waals surface area contributed by atoms with Crippen LogP contribution >= 0.6 is 0 Å². The third-order valence-corrected chi connectivity index (χ3v) is 9.67. The Morgan fingerprint density at radius 2 is 1.68 bits per heavy atom. The van der Waals surface area contributed by atoms with Crippen molar-refractivity contribution in [1.29, 1.82) is 0 Å². The monoisotopic (exact) mass is 625 g/mol. The highest BCUT2D eigenvalue weighted by atomic mass is 32.2. The normalized spacial score (nSPS) is 21.9. The molecule has 3 aliphatic rings. The van der Waals surface area contributed by atoms with Crippen LogP contribution in [0, 0.1) is 11.8 Å². The van der Waals surface area contributed by atoms with E-state index >= 15 is 0 Å². The average molecular weight is 626 g/mol. The lowest BCUT2D eigenvalue weighted by Gasteiger charge is -2.28. The summed E-state index contributed by atoms with van der Waals surface area (Å²) in [5.41, 5.74) is 2.66. The van der Waals surface area contributed by atoms with E-state index < -0.39 is 10.0 Å². The molecule has 5 rings (SSSR count). The highest BCUT2D eigenvalue weighted by Crippen LogP contribution is 2.41. The van der Waals surface area contributed by atoms with E-state index in [-0.39, 0.29) is 28.7 Å². The summed E-state index contributed by atoms with van der Waals surface area (Å²) in [5, 5.41) is 3.13. The fourth-order valence-corrected chi connectivity index (χ4v) is 7.10. The van der Waals surface area contributed by atoms with Crippen LogP contribution in [-0.4, -0.2) is 39.9 Å². The Kier molecular flexibility index (Phi) is 16.4. The summed E-state index contributed by atoms with van der Waals surface area (Å²) in [5.74, 6) is 2.29. The summed E-state index contributed by atoms with van der Waals surface area (Å²) in [6, 6.07) is 15.0. The third kappa shape index (κ3) is 10.6. The van der Waals surface area contributed by atoms with Crippen molar-refractivity contribution in [3.63, 3.8) is 0 Å². The van der Waals surface area contributed by atoms with Crippen molar-refractivity contribution in [2.24, 2.45) is 16.8 Å². The molecule has 1 heterocycles. The second kappa shape index (κ2) is 19.4. The zero-order valence-corrected chi connectivity index (χ0v) is 28.8. The molecule has 2 aliphatic carbocycles. The van der Waals surface area contributed by atoms with Crippen LogP contribution in [0.3, 0.4) is 0 Å². The van der Waals surface area contributed by atoms with Crippen LogP contribution in [0.5, 0.6) is 5.75 Å². The Balaban J connectivity index is 0.000000673. The van der Waals surface area contributed by atoms with Crippen LogP contribution in [-0.2, 0) is 21.2 Å². The van der Waals surface area contributed by atoms with Gasteiger partial charge in [-0.25, -0.2) is 13.1 Å². The van der Waals surface area contributed by atoms with Gasteiger partial charge >= 0.3 is 0 Å². The van der Waals surface area contributed by atoms with Crippen LogP contribution in [0.1, 0.15) is 104 Å². The van der Waals surface area contributed by atoms with Gasteiger partial charge in [-0.1, -0.05) is 71.0 Å². The number of carbonyl (C=O) groups excluding carboxylic acids is 1. The molecule has 2 aromatic rings. The van der Waals surface area contributed by atoms with Crippen molar-refractivity contribution < 1.29 is 17.9 Å². The summed E-state index contributed by atoms with van der Waals surface area (Å²) in [7, 11) is -1.80. The van der Waals surface area contributed by atoms with E-state index in [0.717, 1.165) is 63.0 Å². The summed E-state index contributed by atoms with van der Waals surface area (Å²) in [6.07, 6.45) is 11.3. The first-order valence-corrected chi connectivity index (χ1v) is 18.0. The van der Waals surface area contributed by atoms with Gasteiger partial charge in [0.05, 0.1) is 18.0 Å². The quantitative estimate of drug-likeness (QED) is 0.307. The molecule has 2 unspecified atom stereocenters. The van der Waals surface area contributed by atoms with Crippen molar-refractivity contribution in [2.75, 3.05) is 13.7 Å². The summed E-state index contributed by atoms with van der Waals surface area (Å²) >= 11 is 0. The molecule has 44 heavy (non-hydrogen) atoms. The number of aliphatic imine (C=N–C) groups is 1. The molecule has 0 saturated heterocycles. The van der Waals surface area contributed by atoms with Crippen LogP contribution < -0.4 is 14.8 Å². The van der Waals surface area contributed by atoms with Gasteiger partial charge in [0, 0.05) is 24.8 Å². The largest absolute Gasteiger partial charge is 0.497 e. The molecular weight excluding hydrogens is 570 g/mol. The molecule has 1 saturated carbocycles. The Hall–Kier alpha value is -2.97. The number of carbonyl (C=O) groups is 1. The highest BCUT2D eigenvalue weighted by molar-refractivity contribution is 7.89. The maximum Gasteiger partial charge on any atom is 0.240 e. The molecule has 2 N–H and O–H groups in total. The summed E-state index contributed by atoms with van der Waals surface area (Å²) in [4.78, 5) is 18.1. The number of ether oxygens (including phenoxy) is 1. The SMILES string of the molecule is C/C=C/CC.CC.CC.COc1ccc2c(c1)CCC1N=C(NC(=O)C3CCC(CNS(=O)(=O)c4ccccc4)CC3)CC21.